The maximum absolute atomic E-state index is 11.2. The highest BCUT2D eigenvalue weighted by atomic mass is 127. The quantitative estimate of drug-likeness (QED) is 0.342. The van der Waals surface area contributed by atoms with Crippen molar-refractivity contribution in [1.29, 1.82) is 0 Å². The number of nitrogens with one attached hydrogen (secondary N) is 3. The molecule has 20 heavy (non-hydrogen) atoms. The Morgan fingerprint density at radius 3 is 2.10 bits per heavy atom. The molecule has 0 amide bonds. The molecule has 3 N–H and O–H groups in total. The molecule has 6 nitrogen and oxygen atoms in total. The molecule has 0 saturated carbocycles. The zero-order chi connectivity index (χ0) is 15.3. The lowest BCUT2D eigenvalue weighted by Crippen LogP contribution is -2.54. The molecule has 0 fully saturated rings. The van der Waals surface area contributed by atoms with Crippen LogP contribution in [0, 0.1) is 5.92 Å². The second-order valence-electron chi connectivity index (χ2n) is 5.86. The third-order valence-electron chi connectivity index (χ3n) is 2.75. The molecule has 8 heteroatoms. The topological polar surface area (TPSA) is 82.6 Å². The summed E-state index contributed by atoms with van der Waals surface area (Å²) in [7, 11) is -1.53. The van der Waals surface area contributed by atoms with E-state index in [1.165, 1.54) is 0 Å². The molecule has 0 saturated heterocycles. The highest BCUT2D eigenvalue weighted by Gasteiger charge is 2.22. The van der Waals surface area contributed by atoms with E-state index in [-0.39, 0.29) is 30.0 Å². The minimum absolute atomic E-state index is 0. The summed E-state index contributed by atoms with van der Waals surface area (Å²) in [5.74, 6) is 1.16. The number of nitrogens with zero attached hydrogens (tertiary/aromatic N) is 1. The van der Waals surface area contributed by atoms with Crippen molar-refractivity contribution in [3.8, 4) is 0 Å². The molecule has 0 bridgehead atoms. The summed E-state index contributed by atoms with van der Waals surface area (Å²) in [4.78, 5) is 4.13. The lowest BCUT2D eigenvalue weighted by Gasteiger charge is -2.27. The molecule has 0 aliphatic carbocycles. The largest absolute Gasteiger partial charge is 0.355 e. The first kappa shape index (κ1) is 22.2. The van der Waals surface area contributed by atoms with Crippen molar-refractivity contribution in [2.75, 3.05) is 19.8 Å². The van der Waals surface area contributed by atoms with Gasteiger partial charge < -0.3 is 10.6 Å². The molecule has 0 aromatic rings. The molecular formula is C12H29IN4O2S. The van der Waals surface area contributed by atoms with Crippen LogP contribution in [0.25, 0.3) is 0 Å². The minimum atomic E-state index is -3.22. The molecule has 1 unspecified atom stereocenters. The monoisotopic (exact) mass is 420 g/mol. The van der Waals surface area contributed by atoms with E-state index < -0.39 is 15.6 Å². The molecule has 0 aromatic heterocycles. The van der Waals surface area contributed by atoms with E-state index in [1.807, 2.05) is 13.8 Å². The molecule has 0 spiro atoms. The van der Waals surface area contributed by atoms with Crippen molar-refractivity contribution in [3.63, 3.8) is 0 Å². The van der Waals surface area contributed by atoms with Crippen molar-refractivity contribution in [2.24, 2.45) is 10.9 Å². The molecule has 0 aliphatic rings. The van der Waals surface area contributed by atoms with Crippen molar-refractivity contribution in [2.45, 2.75) is 46.2 Å². The lowest BCUT2D eigenvalue weighted by atomic mass is 10.1. The summed E-state index contributed by atoms with van der Waals surface area (Å²) >= 11 is 0. The fraction of sp³-hybridized carbons (Fsp3) is 0.917. The van der Waals surface area contributed by atoms with Gasteiger partial charge in [0.15, 0.2) is 5.96 Å². The van der Waals surface area contributed by atoms with E-state index in [0.29, 0.717) is 18.4 Å². The van der Waals surface area contributed by atoms with Gasteiger partial charge in [-0.3, -0.25) is 4.99 Å². The Morgan fingerprint density at radius 1 is 1.25 bits per heavy atom. The lowest BCUT2D eigenvalue weighted by molar-refractivity contribution is 0.438. The fourth-order valence-electron chi connectivity index (χ4n) is 1.42. The number of sulfonamides is 1. The predicted octanol–water partition coefficient (Wildman–Crippen LogP) is 1.14. The summed E-state index contributed by atoms with van der Waals surface area (Å²) in [6, 6.07) is 0.289. The smallest absolute Gasteiger partial charge is 0.209 e. The van der Waals surface area contributed by atoms with Gasteiger partial charge in [-0.1, -0.05) is 13.8 Å². The van der Waals surface area contributed by atoms with Gasteiger partial charge in [0.05, 0.1) is 6.26 Å². The van der Waals surface area contributed by atoms with Gasteiger partial charge in [0.25, 0.3) is 0 Å². The Kier molecular flexibility index (Phi) is 10.0. The number of hydrogen-bond donors (Lipinski definition) is 3. The Labute approximate surface area is 140 Å². The van der Waals surface area contributed by atoms with Crippen LogP contribution in [0.15, 0.2) is 4.99 Å². The number of hydrogen-bond acceptors (Lipinski definition) is 3. The maximum Gasteiger partial charge on any atom is 0.209 e. The average Bonchev–Trinajstić information content (AvgIpc) is 2.20. The molecule has 0 aliphatic heterocycles. The van der Waals surface area contributed by atoms with Crippen LogP contribution >= 0.6 is 24.0 Å². The summed E-state index contributed by atoms with van der Waals surface area (Å²) in [5, 5.41) is 6.39. The number of halogens is 1. The molecule has 122 valence electrons. The average molecular weight is 420 g/mol. The van der Waals surface area contributed by atoms with Crippen LogP contribution < -0.4 is 15.4 Å². The number of guanidine groups is 1. The van der Waals surface area contributed by atoms with Crippen molar-refractivity contribution in [1.82, 2.24) is 15.4 Å². The number of rotatable bonds is 6. The first-order valence-corrected chi connectivity index (χ1v) is 8.32. The van der Waals surface area contributed by atoms with E-state index in [9.17, 15) is 8.42 Å². The Bertz CT molecular complexity index is 408. The van der Waals surface area contributed by atoms with Crippen LogP contribution in [0.4, 0.5) is 0 Å². The van der Waals surface area contributed by atoms with Gasteiger partial charge in [0.1, 0.15) is 0 Å². The van der Waals surface area contributed by atoms with Crippen molar-refractivity contribution in [3.05, 3.63) is 0 Å². The van der Waals surface area contributed by atoms with Crippen molar-refractivity contribution >= 4 is 40.0 Å². The number of aliphatic imine (C=N–C) groups is 1. The minimum Gasteiger partial charge on any atom is -0.355 e. The van der Waals surface area contributed by atoms with Gasteiger partial charge in [0, 0.05) is 25.2 Å². The zero-order valence-electron chi connectivity index (χ0n) is 13.4. The van der Waals surface area contributed by atoms with Crippen LogP contribution in [-0.4, -0.2) is 45.8 Å². The fourth-order valence-corrected chi connectivity index (χ4v) is 2.50. The Balaban J connectivity index is 0. The van der Waals surface area contributed by atoms with Gasteiger partial charge in [0.2, 0.25) is 10.0 Å². The van der Waals surface area contributed by atoms with E-state index in [1.54, 1.807) is 7.05 Å². The van der Waals surface area contributed by atoms with Gasteiger partial charge >= 0.3 is 0 Å². The zero-order valence-corrected chi connectivity index (χ0v) is 16.6. The van der Waals surface area contributed by atoms with E-state index in [4.69, 9.17) is 0 Å². The first-order valence-electron chi connectivity index (χ1n) is 6.43. The Morgan fingerprint density at radius 2 is 1.75 bits per heavy atom. The molecule has 0 heterocycles. The third-order valence-corrected chi connectivity index (χ3v) is 3.67. The van der Waals surface area contributed by atoms with E-state index in [2.05, 4.69) is 41.1 Å². The van der Waals surface area contributed by atoms with Crippen LogP contribution in [-0.2, 0) is 10.0 Å². The van der Waals surface area contributed by atoms with Crippen LogP contribution in [0.2, 0.25) is 0 Å². The van der Waals surface area contributed by atoms with Crippen LogP contribution in [0.3, 0.4) is 0 Å². The summed E-state index contributed by atoms with van der Waals surface area (Å²) < 4.78 is 25.1. The third kappa shape index (κ3) is 10.7. The summed E-state index contributed by atoms with van der Waals surface area (Å²) in [6.45, 7) is 10.4. The van der Waals surface area contributed by atoms with E-state index in [0.717, 1.165) is 6.26 Å². The molecule has 0 aromatic carbocycles. The normalized spacial score (nSPS) is 14.7. The molecule has 1 atom stereocenters. The Hall–Kier alpha value is -0.0900. The molecule has 0 rings (SSSR count). The van der Waals surface area contributed by atoms with Crippen LogP contribution in [0.5, 0.6) is 0 Å². The highest BCUT2D eigenvalue weighted by molar-refractivity contribution is 14.0. The molecular weight excluding hydrogens is 391 g/mol. The maximum atomic E-state index is 11.2. The van der Waals surface area contributed by atoms with E-state index >= 15 is 0 Å². The SMILES string of the molecule is CN=C(NCC(C)(C)NS(C)(=O)=O)NC(C)C(C)C.I. The second-order valence-corrected chi connectivity index (χ2v) is 7.61. The first-order chi connectivity index (χ1) is 8.47. The molecule has 0 radical (unpaired) electrons. The van der Waals surface area contributed by atoms with Crippen LogP contribution in [0.1, 0.15) is 34.6 Å². The second kappa shape index (κ2) is 9.04. The summed E-state index contributed by atoms with van der Waals surface area (Å²) in [5.41, 5.74) is -0.577. The standard InChI is InChI=1S/C12H28N4O2S.HI/c1-9(2)10(3)15-11(13-6)14-8-12(4,5)16-19(7,17)18;/h9-10,16H,8H2,1-7H3,(H2,13,14,15);1H. The van der Waals surface area contributed by atoms with Gasteiger partial charge in [-0.05, 0) is 26.7 Å². The predicted molar refractivity (Wildman–Crippen MR) is 96.3 cm³/mol. The van der Waals surface area contributed by atoms with Gasteiger partial charge in [-0.25, -0.2) is 13.1 Å². The summed E-state index contributed by atoms with van der Waals surface area (Å²) in [6.07, 6.45) is 1.16. The van der Waals surface area contributed by atoms with Gasteiger partial charge in [-0.15, -0.1) is 24.0 Å². The van der Waals surface area contributed by atoms with Crippen molar-refractivity contribution < 1.29 is 8.42 Å². The van der Waals surface area contributed by atoms with Gasteiger partial charge in [-0.2, -0.15) is 0 Å². The highest BCUT2D eigenvalue weighted by Crippen LogP contribution is 2.02.